The molecule has 2 amide bonds. The number of unbranched alkanes of at least 4 members (excludes halogenated alkanes) is 1. The Hall–Kier alpha value is -3.98. The first-order chi connectivity index (χ1) is 22.9. The minimum atomic E-state index is -1.38. The summed E-state index contributed by atoms with van der Waals surface area (Å²) in [5.74, 6) is -0.306. The van der Waals surface area contributed by atoms with Gasteiger partial charge in [0.25, 0.3) is 0 Å². The molecule has 0 atom stereocenters. The molecule has 16 nitrogen and oxygen atoms in total. The second-order valence-corrected chi connectivity index (χ2v) is 15.8. The first-order valence-electron chi connectivity index (χ1n) is 16.8. The van der Waals surface area contributed by atoms with Gasteiger partial charge in [-0.1, -0.05) is 55.4 Å². The third-order valence-electron chi connectivity index (χ3n) is 8.32. The first-order valence-corrected chi connectivity index (χ1v) is 16.8. The van der Waals surface area contributed by atoms with Crippen LogP contribution in [0.3, 0.4) is 0 Å². The molecule has 16 heteroatoms. The third kappa shape index (κ3) is 23.4. The van der Waals surface area contributed by atoms with Crippen LogP contribution in [0, 0.1) is 21.7 Å². The molecule has 290 valence electrons. The second kappa shape index (κ2) is 21.3. The van der Waals surface area contributed by atoms with E-state index in [1.807, 2.05) is 55.4 Å². The van der Waals surface area contributed by atoms with Crippen LogP contribution in [0.2, 0.25) is 0 Å². The van der Waals surface area contributed by atoms with Crippen molar-refractivity contribution in [1.82, 2.24) is 9.80 Å². The van der Waals surface area contributed by atoms with Gasteiger partial charge in [-0.05, 0) is 38.5 Å². The van der Waals surface area contributed by atoms with Gasteiger partial charge < -0.3 is 49.2 Å². The van der Waals surface area contributed by atoms with Crippen LogP contribution in [0.5, 0.6) is 0 Å². The summed E-state index contributed by atoms with van der Waals surface area (Å²) in [7, 11) is 0. The number of hydrogen-bond acceptors (Lipinski definition) is 10. The lowest BCUT2D eigenvalue weighted by Gasteiger charge is -2.32. The van der Waals surface area contributed by atoms with Gasteiger partial charge in [-0.25, -0.2) is 19.2 Å². The van der Waals surface area contributed by atoms with Crippen molar-refractivity contribution in [2.45, 2.75) is 107 Å². The van der Waals surface area contributed by atoms with Crippen LogP contribution in [0.4, 0.5) is 19.2 Å². The largest absolute Gasteiger partial charge is 0.505 e. The number of carbonyl (C=O) groups is 6. The molecule has 0 aliphatic heterocycles. The lowest BCUT2D eigenvalue weighted by Crippen LogP contribution is -2.38. The average Bonchev–Trinajstić information content (AvgIpc) is 2.99. The number of ether oxygens (including phenoxy) is 4. The van der Waals surface area contributed by atoms with E-state index in [0.29, 0.717) is 64.7 Å². The molecule has 0 aromatic rings. The molecule has 0 spiro atoms. The van der Waals surface area contributed by atoms with Crippen LogP contribution in [0.1, 0.15) is 107 Å². The van der Waals surface area contributed by atoms with Crippen molar-refractivity contribution in [1.29, 1.82) is 0 Å². The zero-order valence-corrected chi connectivity index (χ0v) is 31.1. The fourth-order valence-corrected chi connectivity index (χ4v) is 4.66. The van der Waals surface area contributed by atoms with Crippen LogP contribution in [-0.4, -0.2) is 119 Å². The van der Waals surface area contributed by atoms with Crippen LogP contribution >= 0.6 is 0 Å². The molecule has 0 radical (unpaired) electrons. The zero-order chi connectivity index (χ0) is 38.8. The summed E-state index contributed by atoms with van der Waals surface area (Å²) in [5.41, 5.74) is -2.18. The van der Waals surface area contributed by atoms with E-state index in [0.717, 1.165) is 0 Å². The maximum Gasteiger partial charge on any atom is 0.505 e. The predicted molar refractivity (Wildman–Crippen MR) is 181 cm³/mol. The molecule has 50 heavy (non-hydrogen) atoms. The maximum absolute atomic E-state index is 13.4. The van der Waals surface area contributed by atoms with Crippen LogP contribution < -0.4 is 0 Å². The number of amides is 2. The lowest BCUT2D eigenvalue weighted by atomic mass is 9.88. The smallest absolute Gasteiger partial charge is 0.450 e. The van der Waals surface area contributed by atoms with Gasteiger partial charge >= 0.3 is 24.6 Å². The van der Waals surface area contributed by atoms with Gasteiger partial charge in [0.1, 0.15) is 26.4 Å². The van der Waals surface area contributed by atoms with Gasteiger partial charge in [0, 0.05) is 60.7 Å². The topological polar surface area (TPSA) is 227 Å². The fraction of sp³-hybridized carbons (Fsp3) is 0.824. The van der Waals surface area contributed by atoms with Crippen molar-refractivity contribution >= 4 is 36.4 Å². The molecule has 0 unspecified atom stereocenters. The van der Waals surface area contributed by atoms with E-state index in [1.54, 1.807) is 9.80 Å². The Bertz CT molecular complexity index is 965. The van der Waals surface area contributed by atoms with E-state index in [4.69, 9.17) is 39.4 Å². The molecular weight excluding hydrogens is 660 g/mol. The van der Waals surface area contributed by atoms with E-state index >= 15 is 0 Å². The number of carbonyl (C=O) groups excluding carboxylic acids is 2. The number of rotatable bonds is 25. The van der Waals surface area contributed by atoms with Crippen LogP contribution in [0.15, 0.2) is 0 Å². The number of carboxylic acid groups (broad SMARTS) is 4. The zero-order valence-electron chi connectivity index (χ0n) is 31.1. The van der Waals surface area contributed by atoms with Gasteiger partial charge in [0.15, 0.2) is 0 Å². The standard InChI is InChI=1S/C34H60N2O14/c1-31(2,21-47-27(39)40)13-17-35(18-14-32(3,4)22-48-28(41)42)25(37)11-9-10-12-26(38)36(19-15-33(5,6)23-49-29(43)44)20-16-34(7,8)24-50-30(45)46/h9-24H2,1-8H3,(H,39,40)(H,41,42)(H,43,44)(H,45,46). The van der Waals surface area contributed by atoms with E-state index < -0.39 is 46.3 Å². The van der Waals surface area contributed by atoms with Gasteiger partial charge in [0.2, 0.25) is 11.8 Å². The van der Waals surface area contributed by atoms with Crippen LogP contribution in [0.25, 0.3) is 0 Å². The molecule has 0 rings (SSSR count). The molecule has 0 heterocycles. The van der Waals surface area contributed by atoms with Crippen molar-refractivity contribution < 1.29 is 68.1 Å². The molecule has 0 aliphatic carbocycles. The highest BCUT2D eigenvalue weighted by Gasteiger charge is 2.28. The predicted octanol–water partition coefficient (Wildman–Crippen LogP) is 6.65. The summed E-state index contributed by atoms with van der Waals surface area (Å²) >= 11 is 0. The molecule has 4 N–H and O–H groups in total. The summed E-state index contributed by atoms with van der Waals surface area (Å²) in [6, 6.07) is 0. The van der Waals surface area contributed by atoms with Crippen molar-refractivity contribution in [2.75, 3.05) is 52.6 Å². The van der Waals surface area contributed by atoms with Crippen molar-refractivity contribution in [3.63, 3.8) is 0 Å². The molecule has 0 saturated carbocycles. The maximum atomic E-state index is 13.4. The highest BCUT2D eigenvalue weighted by Crippen LogP contribution is 2.27. The van der Waals surface area contributed by atoms with E-state index in [1.165, 1.54) is 0 Å². The van der Waals surface area contributed by atoms with Gasteiger partial charge in [-0.3, -0.25) is 9.59 Å². The minimum Gasteiger partial charge on any atom is -0.450 e. The first kappa shape index (κ1) is 46.0. The monoisotopic (exact) mass is 720 g/mol. The summed E-state index contributed by atoms with van der Waals surface area (Å²) in [4.78, 5) is 73.7. The van der Waals surface area contributed by atoms with Gasteiger partial charge in [-0.15, -0.1) is 0 Å². The lowest BCUT2D eigenvalue weighted by molar-refractivity contribution is -0.134. The Morgan fingerprint density at radius 1 is 0.420 bits per heavy atom. The Morgan fingerprint density at radius 2 is 0.620 bits per heavy atom. The summed E-state index contributed by atoms with van der Waals surface area (Å²) in [5, 5.41) is 35.6. The fourth-order valence-electron chi connectivity index (χ4n) is 4.66. The minimum absolute atomic E-state index is 0.0472. The van der Waals surface area contributed by atoms with Gasteiger partial charge in [-0.2, -0.15) is 0 Å². The Labute approximate surface area is 295 Å². The average molecular weight is 721 g/mol. The van der Waals surface area contributed by atoms with Crippen molar-refractivity contribution in [3.05, 3.63) is 0 Å². The normalized spacial score (nSPS) is 12.1. The summed E-state index contributed by atoms with van der Waals surface area (Å²) in [6.45, 7) is 15.8. The molecule has 0 aromatic carbocycles. The Morgan fingerprint density at radius 3 is 0.800 bits per heavy atom. The Kier molecular flexibility index (Phi) is 19.6. The third-order valence-corrected chi connectivity index (χ3v) is 8.32. The SMILES string of the molecule is CC(C)(CCN(CCC(C)(C)COC(=O)O)C(=O)CCCCC(=O)N(CCC(C)(C)COC(=O)O)CCC(C)(C)COC(=O)O)COC(=O)O. The molecule has 0 aromatic heterocycles. The second-order valence-electron chi connectivity index (χ2n) is 15.8. The highest BCUT2D eigenvalue weighted by molar-refractivity contribution is 5.77. The van der Waals surface area contributed by atoms with Crippen LogP contribution in [-0.2, 0) is 28.5 Å². The van der Waals surface area contributed by atoms with Crippen molar-refractivity contribution in [3.8, 4) is 0 Å². The van der Waals surface area contributed by atoms with E-state index in [9.17, 15) is 28.8 Å². The highest BCUT2D eigenvalue weighted by atomic mass is 16.7. The molecule has 0 saturated heterocycles. The van der Waals surface area contributed by atoms with Crippen molar-refractivity contribution in [2.24, 2.45) is 21.7 Å². The summed E-state index contributed by atoms with van der Waals surface area (Å²) < 4.78 is 19.0. The molecule has 0 aliphatic rings. The van der Waals surface area contributed by atoms with E-state index in [-0.39, 0.29) is 51.1 Å². The Balaban J connectivity index is 5.49. The molecule has 0 bridgehead atoms. The quantitative estimate of drug-likeness (QED) is 0.0440. The molecular formula is C34H60N2O14. The van der Waals surface area contributed by atoms with E-state index in [2.05, 4.69) is 0 Å². The summed E-state index contributed by atoms with van der Waals surface area (Å²) in [6.07, 6.45) is -2.57. The van der Waals surface area contributed by atoms with Gasteiger partial charge in [0.05, 0.1) is 0 Å². The number of hydrogen-bond donors (Lipinski definition) is 4. The molecule has 0 fully saturated rings. The number of nitrogens with zero attached hydrogens (tertiary/aromatic N) is 2.